The van der Waals surface area contributed by atoms with Crippen molar-refractivity contribution in [3.05, 3.63) is 48.2 Å². The Morgan fingerprint density at radius 1 is 1.36 bits per heavy atom. The van der Waals surface area contributed by atoms with Crippen molar-refractivity contribution in [1.82, 2.24) is 20.2 Å². The standard InChI is InChI=1S/C21H22N4O2S/c1-14(26)21-9-8-16(23-13-21)12-25(21)11-15-4-6-17(7-5-15)27-20-24-19-18(28-20)3-2-10-22-19/h2-7,10,16,23H,8-9,11-13H2,1H3/t16-,21-/m0/s1. The zero-order chi connectivity index (χ0) is 19.1. The lowest BCUT2D eigenvalue weighted by atomic mass is 9.77. The number of carbonyl (C=O) groups excluding carboxylic acids is 1. The SMILES string of the molecule is CC(=O)[C@@]12CC[C@@H](CN1Cc1ccc(Oc3nc4ncccc4s3)cc1)NC2. The van der Waals surface area contributed by atoms with Crippen LogP contribution in [-0.2, 0) is 11.3 Å². The predicted molar refractivity (Wildman–Crippen MR) is 109 cm³/mol. The minimum atomic E-state index is -0.349. The summed E-state index contributed by atoms with van der Waals surface area (Å²) >= 11 is 1.49. The quantitative estimate of drug-likeness (QED) is 0.716. The van der Waals surface area contributed by atoms with E-state index in [-0.39, 0.29) is 11.3 Å². The number of piperidine rings is 2. The minimum absolute atomic E-state index is 0.266. The normalized spacial score (nSPS) is 24.5. The molecule has 3 aliphatic heterocycles. The molecule has 0 radical (unpaired) electrons. The molecule has 3 saturated heterocycles. The Bertz CT molecular complexity index is 976. The lowest BCUT2D eigenvalue weighted by molar-refractivity contribution is -0.136. The fourth-order valence-corrected chi connectivity index (χ4v) is 5.09. The van der Waals surface area contributed by atoms with Crippen molar-refractivity contribution in [2.45, 2.75) is 37.9 Å². The van der Waals surface area contributed by atoms with Crippen molar-refractivity contribution in [1.29, 1.82) is 0 Å². The number of fused-ring (bicyclic) bond motifs is 4. The lowest BCUT2D eigenvalue weighted by Crippen LogP contribution is -2.71. The molecule has 3 fully saturated rings. The first kappa shape index (κ1) is 17.7. The van der Waals surface area contributed by atoms with Crippen molar-refractivity contribution in [3.8, 4) is 10.9 Å². The predicted octanol–water partition coefficient (Wildman–Crippen LogP) is 3.38. The Morgan fingerprint density at radius 3 is 2.93 bits per heavy atom. The van der Waals surface area contributed by atoms with Crippen LogP contribution in [0.25, 0.3) is 10.3 Å². The molecule has 2 bridgehead atoms. The highest BCUT2D eigenvalue weighted by molar-refractivity contribution is 7.20. The van der Waals surface area contributed by atoms with Gasteiger partial charge in [-0.25, -0.2) is 4.98 Å². The van der Waals surface area contributed by atoms with Crippen molar-refractivity contribution < 1.29 is 9.53 Å². The van der Waals surface area contributed by atoms with E-state index in [2.05, 4.69) is 32.3 Å². The van der Waals surface area contributed by atoms with Crippen molar-refractivity contribution in [3.63, 3.8) is 0 Å². The van der Waals surface area contributed by atoms with Gasteiger partial charge in [0.15, 0.2) is 11.4 Å². The molecule has 0 saturated carbocycles. The molecule has 0 spiro atoms. The number of pyridine rings is 1. The van der Waals surface area contributed by atoms with Gasteiger partial charge in [0.2, 0.25) is 0 Å². The molecule has 144 valence electrons. The van der Waals surface area contributed by atoms with Gasteiger partial charge in [-0.15, -0.1) is 0 Å². The number of nitrogens with zero attached hydrogens (tertiary/aromatic N) is 3. The number of rotatable bonds is 5. The second kappa shape index (κ2) is 6.92. The number of Topliss-reactive ketones (excluding diaryl/α,β-unsaturated/α-hetero) is 1. The number of hydrogen-bond acceptors (Lipinski definition) is 7. The fourth-order valence-electron chi connectivity index (χ4n) is 4.30. The van der Waals surface area contributed by atoms with Gasteiger partial charge in [-0.3, -0.25) is 9.69 Å². The van der Waals surface area contributed by atoms with Crippen molar-refractivity contribution >= 4 is 27.5 Å². The van der Waals surface area contributed by atoms with E-state index in [0.717, 1.165) is 42.9 Å². The van der Waals surface area contributed by atoms with Crippen LogP contribution in [0.4, 0.5) is 0 Å². The van der Waals surface area contributed by atoms with Gasteiger partial charge >= 0.3 is 0 Å². The maximum atomic E-state index is 12.4. The van der Waals surface area contributed by atoms with Gasteiger partial charge in [-0.2, -0.15) is 4.98 Å². The Kier molecular flexibility index (Phi) is 4.38. The molecular formula is C21H22N4O2S. The first-order valence-electron chi connectivity index (χ1n) is 9.60. The van der Waals surface area contributed by atoms with Gasteiger partial charge in [-0.05, 0) is 49.6 Å². The number of carbonyl (C=O) groups is 1. The molecule has 7 heteroatoms. The molecule has 1 N–H and O–H groups in total. The molecular weight excluding hydrogens is 372 g/mol. The molecule has 2 aromatic heterocycles. The Labute approximate surface area is 167 Å². The first-order valence-corrected chi connectivity index (χ1v) is 10.4. The molecule has 1 aromatic carbocycles. The van der Waals surface area contributed by atoms with E-state index in [0.29, 0.717) is 16.9 Å². The van der Waals surface area contributed by atoms with Crippen LogP contribution < -0.4 is 10.1 Å². The number of aromatic nitrogens is 2. The molecule has 6 nitrogen and oxygen atoms in total. The highest BCUT2D eigenvalue weighted by Crippen LogP contribution is 2.35. The monoisotopic (exact) mass is 394 g/mol. The number of ketones is 1. The maximum absolute atomic E-state index is 12.4. The number of nitrogens with one attached hydrogen (secondary N) is 1. The molecule has 0 aliphatic carbocycles. The summed E-state index contributed by atoms with van der Waals surface area (Å²) in [5.74, 6) is 1.02. The van der Waals surface area contributed by atoms with Crippen LogP contribution in [0.5, 0.6) is 10.9 Å². The summed E-state index contributed by atoms with van der Waals surface area (Å²) in [5, 5.41) is 4.10. The highest BCUT2D eigenvalue weighted by Gasteiger charge is 2.49. The lowest BCUT2D eigenvalue weighted by Gasteiger charge is -2.53. The summed E-state index contributed by atoms with van der Waals surface area (Å²) in [7, 11) is 0. The highest BCUT2D eigenvalue weighted by atomic mass is 32.1. The van der Waals surface area contributed by atoms with E-state index in [1.165, 1.54) is 16.9 Å². The Morgan fingerprint density at radius 2 is 2.21 bits per heavy atom. The van der Waals surface area contributed by atoms with E-state index < -0.39 is 0 Å². The van der Waals surface area contributed by atoms with Crippen LogP contribution in [0.2, 0.25) is 0 Å². The molecule has 3 aromatic rings. The molecule has 6 rings (SSSR count). The van der Waals surface area contributed by atoms with E-state index in [4.69, 9.17) is 4.74 Å². The summed E-state index contributed by atoms with van der Waals surface area (Å²) in [5.41, 5.74) is 1.55. The smallest absolute Gasteiger partial charge is 0.281 e. The summed E-state index contributed by atoms with van der Waals surface area (Å²) in [6.45, 7) is 4.20. The Hall–Kier alpha value is -2.35. The van der Waals surface area contributed by atoms with E-state index >= 15 is 0 Å². The molecule has 5 heterocycles. The number of hydrogen-bond donors (Lipinski definition) is 1. The number of benzene rings is 1. The van der Waals surface area contributed by atoms with Gasteiger partial charge < -0.3 is 10.1 Å². The van der Waals surface area contributed by atoms with E-state index in [9.17, 15) is 4.79 Å². The zero-order valence-corrected chi connectivity index (χ0v) is 16.5. The maximum Gasteiger partial charge on any atom is 0.281 e. The number of ether oxygens (including phenoxy) is 1. The summed E-state index contributed by atoms with van der Waals surface area (Å²) in [6, 6.07) is 12.5. The molecule has 0 amide bonds. The van der Waals surface area contributed by atoms with Crippen molar-refractivity contribution in [2.24, 2.45) is 0 Å². The minimum Gasteiger partial charge on any atom is -0.431 e. The van der Waals surface area contributed by atoms with Gasteiger partial charge in [0.05, 0.1) is 10.2 Å². The molecule has 2 atom stereocenters. The summed E-state index contributed by atoms with van der Waals surface area (Å²) < 4.78 is 6.92. The largest absolute Gasteiger partial charge is 0.431 e. The van der Waals surface area contributed by atoms with Gasteiger partial charge in [0, 0.05) is 31.9 Å². The third-order valence-corrected chi connectivity index (χ3v) is 6.83. The summed E-state index contributed by atoms with van der Waals surface area (Å²) in [4.78, 5) is 23.4. The zero-order valence-electron chi connectivity index (χ0n) is 15.7. The van der Waals surface area contributed by atoms with Crippen molar-refractivity contribution in [2.75, 3.05) is 13.1 Å². The van der Waals surface area contributed by atoms with Crippen LogP contribution >= 0.6 is 11.3 Å². The van der Waals surface area contributed by atoms with E-state index in [1.54, 1.807) is 13.1 Å². The molecule has 0 unspecified atom stereocenters. The van der Waals surface area contributed by atoms with Crippen LogP contribution in [0.15, 0.2) is 42.6 Å². The third kappa shape index (κ3) is 3.09. The van der Waals surface area contributed by atoms with Gasteiger partial charge in [0.25, 0.3) is 5.19 Å². The fraction of sp³-hybridized carbons (Fsp3) is 0.381. The molecule has 28 heavy (non-hydrogen) atoms. The topological polar surface area (TPSA) is 67.4 Å². The Balaban J connectivity index is 1.30. The average molecular weight is 395 g/mol. The van der Waals surface area contributed by atoms with Gasteiger partial charge in [0.1, 0.15) is 5.75 Å². The summed E-state index contributed by atoms with van der Waals surface area (Å²) in [6.07, 6.45) is 3.77. The van der Waals surface area contributed by atoms with Gasteiger partial charge in [-0.1, -0.05) is 23.5 Å². The van der Waals surface area contributed by atoms with Crippen LogP contribution in [0, 0.1) is 0 Å². The van der Waals surface area contributed by atoms with Crippen LogP contribution in [0.1, 0.15) is 25.3 Å². The number of thiazole rings is 1. The second-order valence-electron chi connectivity index (χ2n) is 7.64. The third-order valence-electron chi connectivity index (χ3n) is 5.94. The first-order chi connectivity index (χ1) is 13.6. The molecule has 3 aliphatic rings. The second-order valence-corrected chi connectivity index (χ2v) is 8.63. The average Bonchev–Trinajstić information content (AvgIpc) is 3.12. The van der Waals surface area contributed by atoms with Crippen LogP contribution in [0.3, 0.4) is 0 Å². The van der Waals surface area contributed by atoms with E-state index in [1.807, 2.05) is 24.3 Å². The number of piperazine rings is 1. The van der Waals surface area contributed by atoms with Crippen LogP contribution in [-0.4, -0.2) is 45.3 Å².